The Morgan fingerprint density at radius 1 is 1.00 bits per heavy atom. The fourth-order valence-electron chi connectivity index (χ4n) is 1.54. The van der Waals surface area contributed by atoms with Crippen molar-refractivity contribution in [3.63, 3.8) is 0 Å². The van der Waals surface area contributed by atoms with Gasteiger partial charge in [-0.15, -0.1) is 0 Å². The van der Waals surface area contributed by atoms with Crippen molar-refractivity contribution < 1.29 is 4.74 Å². The van der Waals surface area contributed by atoms with Crippen LogP contribution in [-0.2, 0) is 0 Å². The van der Waals surface area contributed by atoms with E-state index in [9.17, 15) is 0 Å². The van der Waals surface area contributed by atoms with Crippen molar-refractivity contribution in [2.24, 2.45) is 5.73 Å². The monoisotopic (exact) mass is 228 g/mol. The number of benzene rings is 1. The van der Waals surface area contributed by atoms with E-state index in [4.69, 9.17) is 16.2 Å². The molecule has 0 aromatic heterocycles. The van der Waals surface area contributed by atoms with Crippen LogP contribution in [0.2, 0.25) is 0 Å². The highest BCUT2D eigenvalue weighted by atomic mass is 16.5. The second kappa shape index (κ2) is 5.25. The minimum Gasteiger partial charge on any atom is -0.462 e. The second-order valence-electron chi connectivity index (χ2n) is 3.89. The van der Waals surface area contributed by atoms with Gasteiger partial charge in [0.1, 0.15) is 11.5 Å². The number of nitrogen functional groups attached to an aromatic ring is 1. The van der Waals surface area contributed by atoms with Crippen molar-refractivity contribution in [2.75, 3.05) is 5.73 Å². The van der Waals surface area contributed by atoms with E-state index in [1.807, 2.05) is 42.5 Å². The average molecular weight is 228 g/mol. The third-order valence-electron chi connectivity index (χ3n) is 2.46. The predicted octanol–water partition coefficient (Wildman–Crippen LogP) is 2.72. The van der Waals surface area contributed by atoms with Crippen LogP contribution in [0.1, 0.15) is 12.8 Å². The molecule has 0 spiro atoms. The summed E-state index contributed by atoms with van der Waals surface area (Å²) in [5, 5.41) is 0. The van der Waals surface area contributed by atoms with Crippen LogP contribution in [-0.4, -0.2) is 0 Å². The van der Waals surface area contributed by atoms with Crippen molar-refractivity contribution >= 4 is 5.69 Å². The molecule has 0 saturated carbocycles. The van der Waals surface area contributed by atoms with Gasteiger partial charge in [0.25, 0.3) is 0 Å². The summed E-state index contributed by atoms with van der Waals surface area (Å²) in [6, 6.07) is 7.36. The van der Waals surface area contributed by atoms with E-state index >= 15 is 0 Å². The smallest absolute Gasteiger partial charge is 0.127 e. The van der Waals surface area contributed by atoms with E-state index in [2.05, 4.69) is 6.08 Å². The Morgan fingerprint density at radius 3 is 2.53 bits per heavy atom. The molecule has 1 aliphatic rings. The lowest BCUT2D eigenvalue weighted by atomic mass is 10.2. The van der Waals surface area contributed by atoms with Gasteiger partial charge >= 0.3 is 0 Å². The maximum atomic E-state index is 5.77. The van der Waals surface area contributed by atoms with Crippen LogP contribution >= 0.6 is 0 Å². The number of allylic oxidation sites excluding steroid dienone is 4. The third kappa shape index (κ3) is 3.41. The molecule has 0 fully saturated rings. The quantitative estimate of drug-likeness (QED) is 0.765. The van der Waals surface area contributed by atoms with Crippen LogP contribution in [0.15, 0.2) is 60.0 Å². The number of ether oxygens (including phenoxy) is 1. The maximum absolute atomic E-state index is 5.77. The molecule has 1 aromatic rings. The van der Waals surface area contributed by atoms with Gasteiger partial charge in [0.2, 0.25) is 0 Å². The normalized spacial score (nSPS) is 23.5. The summed E-state index contributed by atoms with van der Waals surface area (Å²) in [6.07, 6.45) is 9.46. The summed E-state index contributed by atoms with van der Waals surface area (Å²) in [7, 11) is 0. The molecular formula is C14H16N2O. The Morgan fingerprint density at radius 2 is 1.76 bits per heavy atom. The molecule has 1 aromatic carbocycles. The Hall–Kier alpha value is -2.16. The van der Waals surface area contributed by atoms with Crippen LogP contribution in [0.4, 0.5) is 5.69 Å². The zero-order valence-electron chi connectivity index (χ0n) is 9.60. The maximum Gasteiger partial charge on any atom is 0.127 e. The van der Waals surface area contributed by atoms with Gasteiger partial charge < -0.3 is 16.2 Å². The van der Waals surface area contributed by atoms with Crippen molar-refractivity contribution in [1.82, 2.24) is 0 Å². The predicted molar refractivity (Wildman–Crippen MR) is 70.2 cm³/mol. The van der Waals surface area contributed by atoms with E-state index in [0.29, 0.717) is 6.42 Å². The van der Waals surface area contributed by atoms with Crippen LogP contribution in [0.5, 0.6) is 5.75 Å². The van der Waals surface area contributed by atoms with E-state index in [-0.39, 0.29) is 0 Å². The number of anilines is 1. The SMILES string of the molecule is NC1=C/C/C(Oc2ccc(N)cc2)=C\C/C=C\1. The topological polar surface area (TPSA) is 61.3 Å². The minimum atomic E-state index is 0.709. The highest BCUT2D eigenvalue weighted by Crippen LogP contribution is 2.19. The molecule has 0 unspecified atom stereocenters. The van der Waals surface area contributed by atoms with Crippen LogP contribution in [0, 0.1) is 0 Å². The van der Waals surface area contributed by atoms with Gasteiger partial charge in [0, 0.05) is 17.8 Å². The minimum absolute atomic E-state index is 0.709. The van der Waals surface area contributed by atoms with Crippen molar-refractivity contribution in [3.8, 4) is 5.75 Å². The lowest BCUT2D eigenvalue weighted by Crippen LogP contribution is -1.99. The van der Waals surface area contributed by atoms with Crippen molar-refractivity contribution in [2.45, 2.75) is 12.8 Å². The van der Waals surface area contributed by atoms with E-state index in [1.54, 1.807) is 0 Å². The first-order valence-electron chi connectivity index (χ1n) is 5.58. The van der Waals surface area contributed by atoms with Gasteiger partial charge in [-0.3, -0.25) is 0 Å². The van der Waals surface area contributed by atoms with E-state index in [0.717, 1.165) is 29.3 Å². The molecule has 3 heteroatoms. The molecule has 0 aliphatic heterocycles. The molecule has 2 rings (SSSR count). The van der Waals surface area contributed by atoms with Gasteiger partial charge in [-0.1, -0.05) is 12.2 Å². The average Bonchev–Trinajstić information content (AvgIpc) is 2.31. The van der Waals surface area contributed by atoms with Gasteiger partial charge in [-0.25, -0.2) is 0 Å². The molecule has 0 heterocycles. The zero-order valence-corrected chi connectivity index (χ0v) is 9.60. The van der Waals surface area contributed by atoms with Gasteiger partial charge in [-0.2, -0.15) is 0 Å². The second-order valence-corrected chi connectivity index (χ2v) is 3.89. The molecule has 0 radical (unpaired) electrons. The van der Waals surface area contributed by atoms with E-state index in [1.165, 1.54) is 0 Å². The Kier molecular flexibility index (Phi) is 3.50. The Balaban J connectivity index is 2.08. The lowest BCUT2D eigenvalue weighted by Gasteiger charge is -2.10. The largest absolute Gasteiger partial charge is 0.462 e. The number of hydrogen-bond acceptors (Lipinski definition) is 3. The molecule has 0 saturated heterocycles. The Bertz CT molecular complexity index is 470. The molecular weight excluding hydrogens is 212 g/mol. The number of hydrogen-bond donors (Lipinski definition) is 2. The molecule has 0 bridgehead atoms. The summed E-state index contributed by atoms with van der Waals surface area (Å²) < 4.78 is 5.77. The van der Waals surface area contributed by atoms with Crippen LogP contribution < -0.4 is 16.2 Å². The lowest BCUT2D eigenvalue weighted by molar-refractivity contribution is 0.413. The van der Waals surface area contributed by atoms with Crippen LogP contribution in [0.3, 0.4) is 0 Å². The Labute approximate surface area is 101 Å². The molecule has 17 heavy (non-hydrogen) atoms. The van der Waals surface area contributed by atoms with Gasteiger partial charge in [0.05, 0.1) is 0 Å². The van der Waals surface area contributed by atoms with Crippen molar-refractivity contribution in [1.29, 1.82) is 0 Å². The molecule has 3 nitrogen and oxygen atoms in total. The summed E-state index contributed by atoms with van der Waals surface area (Å²) >= 11 is 0. The third-order valence-corrected chi connectivity index (χ3v) is 2.46. The van der Waals surface area contributed by atoms with Gasteiger partial charge in [0.15, 0.2) is 0 Å². The molecule has 0 atom stereocenters. The summed E-state index contributed by atoms with van der Waals surface area (Å²) in [5.41, 5.74) is 12.9. The number of rotatable bonds is 2. The highest BCUT2D eigenvalue weighted by molar-refractivity contribution is 5.42. The van der Waals surface area contributed by atoms with Gasteiger partial charge in [-0.05, 0) is 42.8 Å². The molecule has 0 amide bonds. The molecule has 88 valence electrons. The fourth-order valence-corrected chi connectivity index (χ4v) is 1.54. The zero-order chi connectivity index (χ0) is 12.1. The first kappa shape index (κ1) is 11.3. The van der Waals surface area contributed by atoms with E-state index < -0.39 is 0 Å². The standard InChI is InChI=1S/C14H16N2O/c15-11-3-1-2-4-13(8-5-11)17-14-9-6-12(16)7-10-14/h1,3-7,9-10H,2,8,15-16H2/b3-1-,11-5+,13-4+. The summed E-state index contributed by atoms with van der Waals surface area (Å²) in [5.74, 6) is 1.70. The number of nitrogens with two attached hydrogens (primary N) is 2. The molecule has 1 aliphatic carbocycles. The molecule has 4 N–H and O–H groups in total. The first-order valence-corrected chi connectivity index (χ1v) is 5.58. The fraction of sp³-hybridized carbons (Fsp3) is 0.143. The van der Waals surface area contributed by atoms with Crippen LogP contribution in [0.25, 0.3) is 0 Å². The first-order chi connectivity index (χ1) is 8.24. The highest BCUT2D eigenvalue weighted by Gasteiger charge is 2.01. The van der Waals surface area contributed by atoms with Crippen molar-refractivity contribution in [3.05, 3.63) is 60.0 Å². The summed E-state index contributed by atoms with van der Waals surface area (Å²) in [4.78, 5) is 0. The summed E-state index contributed by atoms with van der Waals surface area (Å²) in [6.45, 7) is 0.